The highest BCUT2D eigenvalue weighted by molar-refractivity contribution is 6.35. The van der Waals surface area contributed by atoms with E-state index < -0.39 is 134 Å². The molecule has 2 aliphatic rings. The Morgan fingerprint density at radius 1 is 0.373 bits per heavy atom. The molecular formula is C80H66F12N2O16. The number of carbonyl (C=O) groups is 9. The van der Waals surface area contributed by atoms with Gasteiger partial charge in [0.1, 0.15) is 0 Å². The minimum absolute atomic E-state index is 0.00982. The Hall–Kier alpha value is -11.4. The Morgan fingerprint density at radius 2 is 0.700 bits per heavy atom. The molecule has 110 heavy (non-hydrogen) atoms. The fourth-order valence-corrected chi connectivity index (χ4v) is 13.0. The number of carboxylic acids is 1. The summed E-state index contributed by atoms with van der Waals surface area (Å²) in [6, 6.07) is 24.7. The third kappa shape index (κ3) is 15.4. The van der Waals surface area contributed by atoms with Gasteiger partial charge in [-0.1, -0.05) is 67.6 Å². The molecule has 4 amide bonds. The van der Waals surface area contributed by atoms with Gasteiger partial charge in [-0.15, -0.1) is 0 Å². The Labute approximate surface area is 618 Å². The van der Waals surface area contributed by atoms with E-state index in [1.807, 2.05) is 0 Å². The van der Waals surface area contributed by atoms with E-state index in [-0.39, 0.29) is 124 Å². The van der Waals surface area contributed by atoms with Crippen molar-refractivity contribution in [3.8, 4) is 22.3 Å². The molecular weight excluding hydrogens is 1470 g/mol. The lowest BCUT2D eigenvalue weighted by Crippen LogP contribution is -2.42. The highest BCUT2D eigenvalue weighted by atomic mass is 19.4. The van der Waals surface area contributed by atoms with Crippen molar-refractivity contribution in [2.24, 2.45) is 0 Å². The maximum atomic E-state index is 14.5. The third-order valence-corrected chi connectivity index (χ3v) is 19.5. The highest BCUT2D eigenvalue weighted by Gasteiger charge is 2.57. The van der Waals surface area contributed by atoms with Crippen LogP contribution in [0.5, 0.6) is 0 Å². The first-order chi connectivity index (χ1) is 50.5. The first-order valence-electron chi connectivity index (χ1n) is 32.9. The number of halogens is 12. The number of fused-ring (bicyclic) bond motifs is 2. The number of hydrogen-bond donors (Lipinski definition) is 5. The number of aromatic carboxylic acids is 1. The van der Waals surface area contributed by atoms with Gasteiger partial charge in [-0.25, -0.2) is 9.69 Å². The number of carboxylic acid groups (broad SMARTS) is 1. The summed E-state index contributed by atoms with van der Waals surface area (Å²) < 4.78 is 170. The lowest BCUT2D eigenvalue weighted by atomic mass is 9.81. The number of Topliss-reactive ketones (excluding diaryl/α,β-unsaturated/α-hetero) is 2. The predicted molar refractivity (Wildman–Crippen MR) is 370 cm³/mol. The van der Waals surface area contributed by atoms with E-state index in [0.717, 1.165) is 53.4 Å². The zero-order chi connectivity index (χ0) is 82.9. The van der Waals surface area contributed by atoms with Crippen LogP contribution in [0.2, 0.25) is 0 Å². The predicted octanol–water partition coefficient (Wildman–Crippen LogP) is 15.3. The summed E-state index contributed by atoms with van der Waals surface area (Å²) in [5.74, 6) is -7.26. The zero-order valence-corrected chi connectivity index (χ0v) is 60.2. The molecule has 18 nitrogen and oxygen atoms in total. The van der Waals surface area contributed by atoms with Gasteiger partial charge < -0.3 is 25.5 Å². The molecule has 0 radical (unpaired) electrons. The lowest BCUT2D eigenvalue weighted by Gasteiger charge is -2.32. The zero-order valence-electron chi connectivity index (χ0n) is 60.2. The third-order valence-electron chi connectivity index (χ3n) is 19.5. The Kier molecular flexibility index (Phi) is 22.9. The van der Waals surface area contributed by atoms with Gasteiger partial charge in [0.15, 0.2) is 45.5 Å². The summed E-state index contributed by atoms with van der Waals surface area (Å²) in [5, 5.41) is 52.4. The minimum Gasteiger partial charge on any atom is -0.478 e. The van der Waals surface area contributed by atoms with Crippen molar-refractivity contribution in [3.05, 3.63) is 250 Å². The molecule has 0 fully saturated rings. The smallest absolute Gasteiger partial charge is 0.421 e. The number of aliphatic hydroxyl groups is 4. The number of benzene rings is 8. The molecule has 8 aromatic carbocycles. The summed E-state index contributed by atoms with van der Waals surface area (Å²) in [6.45, 7) is 12.2. The van der Waals surface area contributed by atoms with Gasteiger partial charge in [0.25, 0.3) is 23.6 Å². The van der Waals surface area contributed by atoms with Gasteiger partial charge in [0, 0.05) is 58.8 Å². The van der Waals surface area contributed by atoms with Crippen molar-refractivity contribution in [3.63, 3.8) is 0 Å². The molecule has 0 bridgehead atoms. The number of anilines is 1. The van der Waals surface area contributed by atoms with Crippen molar-refractivity contribution >= 4 is 64.6 Å². The van der Waals surface area contributed by atoms with Crippen LogP contribution in [0.1, 0.15) is 207 Å². The number of imide groups is 2. The highest BCUT2D eigenvalue weighted by Crippen LogP contribution is 2.50. The fraction of sp³-hybridized carbons (Fsp3) is 0.275. The second kappa shape index (κ2) is 29.9. The van der Waals surface area contributed by atoms with Crippen LogP contribution in [0.15, 0.2) is 127 Å². The summed E-state index contributed by atoms with van der Waals surface area (Å²) in [4.78, 5) is 134. The Bertz CT molecular complexity index is 5250. The summed E-state index contributed by atoms with van der Waals surface area (Å²) in [7, 11) is 1.28. The lowest BCUT2D eigenvalue weighted by molar-refractivity contribution is -0.259. The number of ketones is 4. The van der Waals surface area contributed by atoms with Crippen LogP contribution in [0, 0.1) is 41.5 Å². The molecule has 4 unspecified atom stereocenters. The minimum atomic E-state index is -5.39. The molecule has 576 valence electrons. The van der Waals surface area contributed by atoms with Crippen LogP contribution in [0.25, 0.3) is 22.3 Å². The van der Waals surface area contributed by atoms with E-state index in [1.54, 1.807) is 6.92 Å². The number of hydrogen-bond acceptors (Lipinski definition) is 15. The van der Waals surface area contributed by atoms with E-state index >= 15 is 0 Å². The van der Waals surface area contributed by atoms with E-state index in [2.05, 4.69) is 0 Å². The summed E-state index contributed by atoms with van der Waals surface area (Å²) in [5.41, 5.74) is -17.4. The van der Waals surface area contributed by atoms with Gasteiger partial charge in [0.2, 0.25) is 0 Å². The molecule has 4 atom stereocenters. The Balaban J connectivity index is 0.000000267. The summed E-state index contributed by atoms with van der Waals surface area (Å²) >= 11 is 0. The molecule has 8 aromatic rings. The van der Waals surface area contributed by atoms with Crippen LogP contribution >= 0.6 is 0 Å². The molecule has 0 saturated heterocycles. The molecule has 0 spiro atoms. The van der Waals surface area contributed by atoms with E-state index in [1.165, 1.54) is 127 Å². The molecule has 0 aliphatic carbocycles. The van der Waals surface area contributed by atoms with Crippen molar-refractivity contribution < 1.29 is 131 Å². The quantitative estimate of drug-likeness (QED) is 0.0321. The van der Waals surface area contributed by atoms with Gasteiger partial charge in [-0.2, -0.15) is 62.3 Å². The number of nitrogens with zero attached hydrogens (tertiary/aromatic N) is 2. The number of aryl methyl sites for hydroxylation is 6. The van der Waals surface area contributed by atoms with E-state index in [0.29, 0.717) is 43.7 Å². The number of alkyl halides is 12. The molecule has 5 N–H and O–H groups in total. The average Bonchev–Trinajstić information content (AvgIpc) is 1.33. The molecule has 2 heterocycles. The van der Waals surface area contributed by atoms with Gasteiger partial charge in [-0.3, -0.25) is 43.3 Å². The van der Waals surface area contributed by atoms with Gasteiger partial charge in [0.05, 0.1) is 33.5 Å². The molecule has 30 heteroatoms. The van der Waals surface area contributed by atoms with Crippen molar-refractivity contribution in [1.82, 2.24) is 4.90 Å². The van der Waals surface area contributed by atoms with Crippen molar-refractivity contribution in [2.45, 2.75) is 136 Å². The Morgan fingerprint density at radius 3 is 1.14 bits per heavy atom. The number of rotatable bonds is 17. The van der Waals surface area contributed by atoms with E-state index in [4.69, 9.17) is 9.59 Å². The van der Waals surface area contributed by atoms with Gasteiger partial charge in [-0.05, 0) is 214 Å². The first kappa shape index (κ1) is 84.2. The largest absolute Gasteiger partial charge is 0.478 e. The second-order valence-corrected chi connectivity index (χ2v) is 27.1. The first-order valence-corrected chi connectivity index (χ1v) is 32.9. The van der Waals surface area contributed by atoms with Crippen LogP contribution in [0.4, 0.5) is 58.4 Å². The van der Waals surface area contributed by atoms with Crippen molar-refractivity contribution in [2.75, 3.05) is 11.9 Å². The van der Waals surface area contributed by atoms with Crippen LogP contribution in [-0.4, -0.2) is 121 Å². The van der Waals surface area contributed by atoms with Crippen LogP contribution in [0.3, 0.4) is 0 Å². The standard InChI is InChI=1S/C40H36F6O7.C39H30F6N2O7.CO2/c1-7-33(47)27-13-12-25(16-30(27)36(50)51)35(49)24-10-8-23(9-11-24)34(48)17-26-15-21(3)29(19-32(26)38(6,53)40(44,45)46)28-18-31(22(4)14-20(28)2)37(5,52)39(41,42)43;1-17-11-19(3)28(36(4,53)38(40,41)42)15-24(17)25-16-29(37(5,54)39(43,44)45)30(12-18(25)2)47-34(51)23-10-8-21(14-27(23)35(47)52)31(48)20-7-9-22-26(13-20)33(50)46(6)32(22)49;2-1-3/h8-16,18-19,52-53H,7,17H2,1-6H3,(H,50,51);7-16,53-54H,1-6H3;. The molecule has 0 saturated carbocycles. The van der Waals surface area contributed by atoms with Crippen LogP contribution in [-0.2, 0) is 38.4 Å². The SMILES string of the molecule is CCC(=O)c1ccc(C(=O)c2ccc(C(=O)Cc3cc(C)c(-c4cc(C(C)(O)C(F)(F)F)c(C)cc4C)cc3C(C)(O)C(F)(F)F)cc2)cc1C(=O)O.Cc1cc(C)c(C(C)(O)C(F)(F)F)cc1-c1cc(C(C)(O)C(F)(F)F)c(N2C(=O)c3ccc(C(=O)c4ccc5c(c4)C(=O)N(C)C5=O)cc3C2=O)cc1C.O=C=O. The van der Waals surface area contributed by atoms with E-state index in [9.17, 15) is 121 Å². The number of amides is 4. The maximum Gasteiger partial charge on any atom is 0.421 e. The second-order valence-electron chi connectivity index (χ2n) is 27.1. The monoisotopic (exact) mass is 1540 g/mol. The normalized spacial score (nSPS) is 15.2. The summed E-state index contributed by atoms with van der Waals surface area (Å²) in [6.07, 6.45) is -21.2. The molecule has 2 aliphatic heterocycles. The van der Waals surface area contributed by atoms with Crippen LogP contribution < -0.4 is 4.90 Å². The average molecular weight is 1540 g/mol. The number of carbonyl (C=O) groups excluding carboxylic acids is 10. The maximum absolute atomic E-state index is 14.5. The molecule has 0 aromatic heterocycles. The topological polar surface area (TPSA) is 295 Å². The fourth-order valence-electron chi connectivity index (χ4n) is 13.0. The van der Waals surface area contributed by atoms with Gasteiger partial charge >= 0.3 is 36.8 Å². The molecule has 10 rings (SSSR count). The van der Waals surface area contributed by atoms with Crippen molar-refractivity contribution in [1.29, 1.82) is 0 Å².